The molecule has 0 aromatic heterocycles. The van der Waals surface area contributed by atoms with Gasteiger partial charge in [-0.3, -0.25) is 0 Å². The first-order valence-electron chi connectivity index (χ1n) is 6.49. The molecule has 0 aliphatic rings. The molecule has 1 aromatic rings. The van der Waals surface area contributed by atoms with Crippen molar-refractivity contribution in [3.05, 3.63) is 33.8 Å². The summed E-state index contributed by atoms with van der Waals surface area (Å²) in [6, 6.07) is 6.19. The van der Waals surface area contributed by atoms with E-state index < -0.39 is 0 Å². The lowest BCUT2D eigenvalue weighted by atomic mass is 10.1. The maximum absolute atomic E-state index is 3.53. The molecule has 1 rings (SSSR count). The van der Waals surface area contributed by atoms with Gasteiger partial charge < -0.3 is 0 Å². The van der Waals surface area contributed by atoms with E-state index in [1.54, 1.807) is 0 Å². The molecule has 1 aromatic carbocycles. The van der Waals surface area contributed by atoms with E-state index >= 15 is 0 Å². The molecule has 92 valence electrons. The molecule has 0 bridgehead atoms. The van der Waals surface area contributed by atoms with E-state index in [-0.39, 0.29) is 0 Å². The summed E-state index contributed by atoms with van der Waals surface area (Å²) in [7, 11) is 0. The van der Waals surface area contributed by atoms with E-state index in [2.05, 4.69) is 53.8 Å². The number of halogens is 1. The third-order valence-corrected chi connectivity index (χ3v) is 3.76. The lowest BCUT2D eigenvalue weighted by Crippen LogP contribution is -1.83. The molecule has 0 aliphatic heterocycles. The van der Waals surface area contributed by atoms with Gasteiger partial charge >= 0.3 is 0 Å². The van der Waals surface area contributed by atoms with E-state index in [0.717, 1.165) is 16.5 Å². The monoisotopic (exact) mass is 292 g/mol. The summed E-state index contributed by atoms with van der Waals surface area (Å²) in [4.78, 5) is 0. The molecule has 0 radical (unpaired) electrons. The lowest BCUT2D eigenvalue weighted by molar-refractivity contribution is 0.641. The Morgan fingerprint density at radius 3 is 2.65 bits per heavy atom. The Kier molecular flexibility index (Phi) is 7.05. The predicted octanol–water partition coefficient (Wildman–Crippen LogP) is 5.47. The van der Waals surface area contributed by atoms with E-state index in [1.807, 2.05) is 6.07 Å². The Labute approximate surface area is 114 Å². The van der Waals surface area contributed by atoms with Crippen LogP contribution in [0.4, 0.5) is 0 Å². The molecule has 0 fully saturated rings. The molecule has 0 atom stereocenters. The molecule has 0 saturated carbocycles. The molecule has 0 nitrogen and oxygen atoms in total. The minimum atomic E-state index is 1.02. The average Bonchev–Trinajstić information content (AvgIpc) is 2.33. The second-order valence-electron chi connectivity index (χ2n) is 4.38. The van der Waals surface area contributed by atoms with Crippen LogP contribution in [0.25, 0.3) is 0 Å². The van der Waals surface area contributed by atoms with Gasteiger partial charge in [0.25, 0.3) is 0 Å². The van der Waals surface area contributed by atoms with Crippen LogP contribution < -0.4 is 0 Å². The standard InChI is InChI=1S/C16H21Br/c1-3-4-5-6-7-8-9-11-15-12-10-13-16(17)14(15)2/h10,12-13H,3-8H2,1-2H3. The molecule has 0 amide bonds. The lowest BCUT2D eigenvalue weighted by Gasteiger charge is -1.99. The number of benzene rings is 1. The minimum Gasteiger partial charge on any atom is -0.0979 e. The van der Waals surface area contributed by atoms with Crippen LogP contribution in [-0.2, 0) is 0 Å². The first-order chi connectivity index (χ1) is 8.25. The van der Waals surface area contributed by atoms with Crippen LogP contribution in [0.3, 0.4) is 0 Å². The van der Waals surface area contributed by atoms with Crippen molar-refractivity contribution in [1.29, 1.82) is 0 Å². The Bertz CT molecular complexity index is 396. The number of rotatable bonds is 5. The maximum atomic E-state index is 3.53. The van der Waals surface area contributed by atoms with Crippen molar-refractivity contribution in [1.82, 2.24) is 0 Å². The van der Waals surface area contributed by atoms with Crippen molar-refractivity contribution in [3.63, 3.8) is 0 Å². The SMILES string of the molecule is CCCCCCCC#Cc1cccc(Br)c1C. The van der Waals surface area contributed by atoms with Crippen molar-refractivity contribution in [2.24, 2.45) is 0 Å². The van der Waals surface area contributed by atoms with Crippen LogP contribution >= 0.6 is 15.9 Å². The molecule has 0 spiro atoms. The smallest absolute Gasteiger partial charge is 0.0285 e. The second-order valence-corrected chi connectivity index (χ2v) is 5.23. The van der Waals surface area contributed by atoms with Crippen LogP contribution in [0, 0.1) is 18.8 Å². The fraction of sp³-hybridized carbons (Fsp3) is 0.500. The van der Waals surface area contributed by atoms with Gasteiger partial charge in [-0.1, -0.05) is 66.4 Å². The third kappa shape index (κ3) is 5.41. The number of unbranched alkanes of at least 4 members (excludes halogenated alkanes) is 5. The van der Waals surface area contributed by atoms with Gasteiger partial charge in [-0.05, 0) is 31.0 Å². The molecule has 0 N–H and O–H groups in total. The zero-order valence-corrected chi connectivity index (χ0v) is 12.4. The van der Waals surface area contributed by atoms with E-state index in [1.165, 1.54) is 37.7 Å². The first-order valence-corrected chi connectivity index (χ1v) is 7.29. The molecular weight excluding hydrogens is 272 g/mol. The normalized spacial score (nSPS) is 9.82. The van der Waals surface area contributed by atoms with Crippen molar-refractivity contribution < 1.29 is 0 Å². The van der Waals surface area contributed by atoms with Gasteiger partial charge in [-0.15, -0.1) is 0 Å². The van der Waals surface area contributed by atoms with Crippen molar-refractivity contribution in [3.8, 4) is 11.8 Å². The average molecular weight is 293 g/mol. The summed E-state index contributed by atoms with van der Waals surface area (Å²) < 4.78 is 1.15. The van der Waals surface area contributed by atoms with Gasteiger partial charge in [-0.2, -0.15) is 0 Å². The Morgan fingerprint density at radius 2 is 1.88 bits per heavy atom. The van der Waals surface area contributed by atoms with E-state index in [0.29, 0.717) is 0 Å². The highest BCUT2D eigenvalue weighted by Crippen LogP contribution is 2.18. The zero-order chi connectivity index (χ0) is 12.5. The number of hydrogen-bond acceptors (Lipinski definition) is 0. The molecule has 1 heteroatoms. The van der Waals surface area contributed by atoms with Gasteiger partial charge in [0.1, 0.15) is 0 Å². The van der Waals surface area contributed by atoms with Crippen LogP contribution in [0.1, 0.15) is 56.6 Å². The summed E-state index contributed by atoms with van der Waals surface area (Å²) in [5.41, 5.74) is 2.39. The molecule has 0 unspecified atom stereocenters. The Hall–Kier alpha value is -0.740. The van der Waals surface area contributed by atoms with Crippen molar-refractivity contribution >= 4 is 15.9 Å². The van der Waals surface area contributed by atoms with Crippen LogP contribution in [0.2, 0.25) is 0 Å². The highest BCUT2D eigenvalue weighted by Gasteiger charge is 1.97. The van der Waals surface area contributed by atoms with Crippen LogP contribution in [0.15, 0.2) is 22.7 Å². The largest absolute Gasteiger partial charge is 0.0979 e. The third-order valence-electron chi connectivity index (χ3n) is 2.90. The van der Waals surface area contributed by atoms with Crippen molar-refractivity contribution in [2.75, 3.05) is 0 Å². The van der Waals surface area contributed by atoms with Gasteiger partial charge in [-0.25, -0.2) is 0 Å². The summed E-state index contributed by atoms with van der Waals surface area (Å²) in [6.45, 7) is 4.35. The van der Waals surface area contributed by atoms with Crippen LogP contribution in [-0.4, -0.2) is 0 Å². The second kappa shape index (κ2) is 8.37. The quantitative estimate of drug-likeness (QED) is 0.499. The van der Waals surface area contributed by atoms with Gasteiger partial charge in [0.05, 0.1) is 0 Å². The molecule has 17 heavy (non-hydrogen) atoms. The predicted molar refractivity (Wildman–Crippen MR) is 79.1 cm³/mol. The van der Waals surface area contributed by atoms with E-state index in [4.69, 9.17) is 0 Å². The molecule has 0 aliphatic carbocycles. The Morgan fingerprint density at radius 1 is 1.12 bits per heavy atom. The molecular formula is C16H21Br. The van der Waals surface area contributed by atoms with Gasteiger partial charge in [0.15, 0.2) is 0 Å². The highest BCUT2D eigenvalue weighted by molar-refractivity contribution is 9.10. The van der Waals surface area contributed by atoms with Gasteiger partial charge in [0, 0.05) is 16.5 Å². The molecule has 0 heterocycles. The zero-order valence-electron chi connectivity index (χ0n) is 10.9. The topological polar surface area (TPSA) is 0 Å². The van der Waals surface area contributed by atoms with Crippen molar-refractivity contribution in [2.45, 2.75) is 52.4 Å². The minimum absolute atomic E-state index is 1.02. The van der Waals surface area contributed by atoms with E-state index in [9.17, 15) is 0 Å². The maximum Gasteiger partial charge on any atom is 0.0285 e. The highest BCUT2D eigenvalue weighted by atomic mass is 79.9. The summed E-state index contributed by atoms with van der Waals surface area (Å²) in [5.74, 6) is 6.54. The van der Waals surface area contributed by atoms with Gasteiger partial charge in [0.2, 0.25) is 0 Å². The summed E-state index contributed by atoms with van der Waals surface area (Å²) in [5, 5.41) is 0. The van der Waals surface area contributed by atoms with Crippen LogP contribution in [0.5, 0.6) is 0 Å². The fourth-order valence-corrected chi connectivity index (χ4v) is 2.08. The number of hydrogen-bond donors (Lipinski definition) is 0. The Balaban J connectivity index is 2.36. The molecule has 0 saturated heterocycles. The first kappa shape index (κ1) is 14.3. The fourth-order valence-electron chi connectivity index (χ4n) is 1.72. The summed E-state index contributed by atoms with van der Waals surface area (Å²) >= 11 is 3.53. The summed E-state index contributed by atoms with van der Waals surface area (Å²) in [6.07, 6.45) is 7.60.